The number of cyclic esters (lactones) is 1. The van der Waals surface area contributed by atoms with Crippen molar-refractivity contribution in [2.24, 2.45) is 0 Å². The third kappa shape index (κ3) is 2.59. The second kappa shape index (κ2) is 5.89. The van der Waals surface area contributed by atoms with E-state index in [9.17, 15) is 4.79 Å². The third-order valence-electron chi connectivity index (χ3n) is 4.59. The molecular formula is C18H22O5. The molecule has 1 unspecified atom stereocenters. The van der Waals surface area contributed by atoms with Crippen LogP contribution in [0.25, 0.3) is 6.08 Å². The van der Waals surface area contributed by atoms with E-state index in [-0.39, 0.29) is 19.2 Å². The molecule has 1 N–H and O–H groups in total. The lowest BCUT2D eigenvalue weighted by molar-refractivity contribution is 0.0526. The Hall–Kier alpha value is -2.01. The molecule has 0 saturated heterocycles. The quantitative estimate of drug-likeness (QED) is 0.668. The number of methoxy groups -OCH3 is 1. The smallest absolute Gasteiger partial charge is 0.342 e. The second-order valence-corrected chi connectivity index (χ2v) is 6.26. The summed E-state index contributed by atoms with van der Waals surface area (Å²) in [4.78, 5) is 12.2. The first-order chi connectivity index (χ1) is 11.0. The normalized spacial score (nSPS) is 21.5. The van der Waals surface area contributed by atoms with Crippen LogP contribution in [0, 0.1) is 6.92 Å². The van der Waals surface area contributed by atoms with Crippen molar-refractivity contribution < 1.29 is 24.1 Å². The topological polar surface area (TPSA) is 65.0 Å². The molecule has 0 spiro atoms. The van der Waals surface area contributed by atoms with Crippen LogP contribution in [-0.2, 0) is 11.3 Å². The molecule has 0 amide bonds. The number of rotatable bonds is 5. The van der Waals surface area contributed by atoms with Crippen LogP contribution in [0.5, 0.6) is 11.5 Å². The molecule has 0 bridgehead atoms. The Kier molecular flexibility index (Phi) is 4.06. The average Bonchev–Trinajstić information content (AvgIpc) is 2.91. The Balaban J connectivity index is 2.06. The second-order valence-electron chi connectivity index (χ2n) is 6.26. The number of hydrogen-bond donors (Lipinski definition) is 1. The maximum Gasteiger partial charge on any atom is 0.342 e. The van der Waals surface area contributed by atoms with E-state index in [2.05, 4.69) is 0 Å². The summed E-state index contributed by atoms with van der Waals surface area (Å²) < 4.78 is 17.0. The van der Waals surface area contributed by atoms with Gasteiger partial charge in [-0.15, -0.1) is 0 Å². The zero-order valence-electron chi connectivity index (χ0n) is 13.8. The molecule has 5 nitrogen and oxygen atoms in total. The lowest BCUT2D eigenvalue weighted by atomic mass is 9.90. The molecule has 1 atom stereocenters. The largest absolute Gasteiger partial charge is 0.496 e. The summed E-state index contributed by atoms with van der Waals surface area (Å²) in [5, 5.41) is 8.96. The van der Waals surface area contributed by atoms with E-state index < -0.39 is 5.60 Å². The van der Waals surface area contributed by atoms with Crippen molar-refractivity contribution in [3.05, 3.63) is 28.3 Å². The predicted octanol–water partition coefficient (Wildman–Crippen LogP) is 3.00. The van der Waals surface area contributed by atoms with Gasteiger partial charge >= 0.3 is 5.97 Å². The van der Waals surface area contributed by atoms with E-state index >= 15 is 0 Å². The van der Waals surface area contributed by atoms with Gasteiger partial charge in [-0.1, -0.05) is 0 Å². The molecule has 1 aromatic rings. The number of aliphatic hydroxyl groups excluding tert-OH is 1. The first-order valence-corrected chi connectivity index (χ1v) is 7.90. The highest BCUT2D eigenvalue weighted by molar-refractivity contribution is 5.99. The van der Waals surface area contributed by atoms with Gasteiger partial charge in [-0.25, -0.2) is 4.79 Å². The number of hydrogen-bond acceptors (Lipinski definition) is 5. The molecular weight excluding hydrogens is 296 g/mol. The number of aliphatic hydroxyl groups is 1. The van der Waals surface area contributed by atoms with E-state index in [1.165, 1.54) is 0 Å². The minimum atomic E-state index is -0.501. The highest BCUT2D eigenvalue weighted by Gasteiger charge is 2.37. The molecule has 0 radical (unpaired) electrons. The molecule has 0 fully saturated rings. The highest BCUT2D eigenvalue weighted by Crippen LogP contribution is 2.47. The Bertz CT molecular complexity index is 677. The summed E-state index contributed by atoms with van der Waals surface area (Å²) in [6, 6.07) is 0. The van der Waals surface area contributed by atoms with Crippen molar-refractivity contribution in [1.29, 1.82) is 0 Å². The van der Waals surface area contributed by atoms with Gasteiger partial charge in [0.15, 0.2) is 0 Å². The van der Waals surface area contributed by atoms with Gasteiger partial charge in [0.05, 0.1) is 12.7 Å². The number of carbonyl (C=O) groups is 1. The summed E-state index contributed by atoms with van der Waals surface area (Å²) in [6.07, 6.45) is 6.32. The van der Waals surface area contributed by atoms with E-state index in [0.29, 0.717) is 11.3 Å². The summed E-state index contributed by atoms with van der Waals surface area (Å²) >= 11 is 0. The Labute approximate surface area is 135 Å². The summed E-state index contributed by atoms with van der Waals surface area (Å²) in [5.41, 5.74) is 2.58. The number of unbranched alkanes of at least 4 members (excludes halogenated alkanes) is 1. The minimum Gasteiger partial charge on any atom is -0.496 e. The lowest BCUT2D eigenvalue weighted by Gasteiger charge is -2.33. The summed E-state index contributed by atoms with van der Waals surface area (Å²) in [6.45, 7) is 4.36. The van der Waals surface area contributed by atoms with Gasteiger partial charge in [-0.2, -0.15) is 0 Å². The fourth-order valence-electron chi connectivity index (χ4n) is 3.28. The third-order valence-corrected chi connectivity index (χ3v) is 4.59. The molecule has 0 saturated carbocycles. The van der Waals surface area contributed by atoms with Crippen molar-refractivity contribution in [3.8, 4) is 11.5 Å². The zero-order chi connectivity index (χ0) is 16.6. The van der Waals surface area contributed by atoms with E-state index in [0.717, 1.165) is 41.7 Å². The monoisotopic (exact) mass is 318 g/mol. The number of fused-ring (bicyclic) bond motifs is 3. The van der Waals surface area contributed by atoms with Gasteiger partial charge in [-0.3, -0.25) is 0 Å². The van der Waals surface area contributed by atoms with Crippen LogP contribution in [0.4, 0.5) is 0 Å². The van der Waals surface area contributed by atoms with Crippen LogP contribution < -0.4 is 9.47 Å². The van der Waals surface area contributed by atoms with Crippen molar-refractivity contribution in [3.63, 3.8) is 0 Å². The van der Waals surface area contributed by atoms with Crippen LogP contribution in [0.15, 0.2) is 6.08 Å². The summed E-state index contributed by atoms with van der Waals surface area (Å²) in [5.74, 6) is 0.944. The molecule has 23 heavy (non-hydrogen) atoms. The Morgan fingerprint density at radius 2 is 2.17 bits per heavy atom. The standard InChI is InChI=1S/C18H22O5/c1-11-13-10-22-17(20)14(13)16-12(15(11)21-3)6-8-18(2,23-16)7-4-5-9-19/h6,8,19H,4-5,7,9-10H2,1-3H3. The molecule has 2 heterocycles. The van der Waals surface area contributed by atoms with E-state index in [4.69, 9.17) is 19.3 Å². The average molecular weight is 318 g/mol. The van der Waals surface area contributed by atoms with E-state index in [1.54, 1.807) is 7.11 Å². The molecule has 0 aliphatic carbocycles. The van der Waals surface area contributed by atoms with Crippen LogP contribution in [0.3, 0.4) is 0 Å². The zero-order valence-corrected chi connectivity index (χ0v) is 13.8. The molecule has 2 aliphatic heterocycles. The number of esters is 1. The molecule has 0 aromatic heterocycles. The lowest BCUT2D eigenvalue weighted by Crippen LogP contribution is -2.33. The Morgan fingerprint density at radius 3 is 2.87 bits per heavy atom. The van der Waals surface area contributed by atoms with Crippen molar-refractivity contribution in [1.82, 2.24) is 0 Å². The van der Waals surface area contributed by atoms with Gasteiger partial charge in [0, 0.05) is 12.2 Å². The first kappa shape index (κ1) is 15.9. The fourth-order valence-corrected chi connectivity index (χ4v) is 3.28. The summed E-state index contributed by atoms with van der Waals surface area (Å²) in [7, 11) is 1.62. The SMILES string of the molecule is COc1c(C)c2c(c3c1C=CC(C)(CCCCO)O3)C(=O)OC2. The van der Waals surface area contributed by atoms with Gasteiger partial charge in [0.1, 0.15) is 29.3 Å². The van der Waals surface area contributed by atoms with Crippen LogP contribution in [0.1, 0.15) is 53.2 Å². The van der Waals surface area contributed by atoms with Gasteiger partial charge < -0.3 is 19.3 Å². The fraction of sp³-hybridized carbons (Fsp3) is 0.500. The number of carbonyl (C=O) groups excluding carboxylic acids is 1. The van der Waals surface area contributed by atoms with E-state index in [1.807, 2.05) is 26.0 Å². The van der Waals surface area contributed by atoms with Crippen LogP contribution >= 0.6 is 0 Å². The first-order valence-electron chi connectivity index (χ1n) is 7.90. The molecule has 1 aromatic carbocycles. The number of ether oxygens (including phenoxy) is 3. The Morgan fingerprint density at radius 1 is 1.39 bits per heavy atom. The van der Waals surface area contributed by atoms with Crippen molar-refractivity contribution in [2.75, 3.05) is 13.7 Å². The maximum atomic E-state index is 12.2. The minimum absolute atomic E-state index is 0.172. The van der Waals surface area contributed by atoms with Gasteiger partial charge in [0.25, 0.3) is 0 Å². The molecule has 3 rings (SSSR count). The van der Waals surface area contributed by atoms with Crippen LogP contribution in [0.2, 0.25) is 0 Å². The van der Waals surface area contributed by atoms with Crippen molar-refractivity contribution >= 4 is 12.0 Å². The van der Waals surface area contributed by atoms with Gasteiger partial charge in [-0.05, 0) is 50.8 Å². The predicted molar refractivity (Wildman–Crippen MR) is 85.9 cm³/mol. The molecule has 124 valence electrons. The van der Waals surface area contributed by atoms with Crippen molar-refractivity contribution in [2.45, 2.75) is 45.3 Å². The maximum absolute atomic E-state index is 12.2. The molecule has 2 aliphatic rings. The van der Waals surface area contributed by atoms with Crippen LogP contribution in [-0.4, -0.2) is 30.4 Å². The number of benzene rings is 1. The highest BCUT2D eigenvalue weighted by atomic mass is 16.5. The van der Waals surface area contributed by atoms with Gasteiger partial charge in [0.2, 0.25) is 0 Å². The molecule has 5 heteroatoms.